The molecule has 1 aromatic carbocycles. The minimum atomic E-state index is -0.564. The van der Waals surface area contributed by atoms with Gasteiger partial charge in [0.05, 0.1) is 0 Å². The number of carbonyl (C=O) groups excluding carboxylic acids is 2. The summed E-state index contributed by atoms with van der Waals surface area (Å²) in [5, 5.41) is 9.38. The molecule has 0 unspecified atom stereocenters. The molecule has 30 heavy (non-hydrogen) atoms. The first-order valence-corrected chi connectivity index (χ1v) is 10.7. The van der Waals surface area contributed by atoms with Gasteiger partial charge < -0.3 is 15.2 Å². The van der Waals surface area contributed by atoms with Crippen LogP contribution >= 0.6 is 11.3 Å². The van der Waals surface area contributed by atoms with Crippen LogP contribution in [-0.4, -0.2) is 29.5 Å². The molecule has 2 aromatic heterocycles. The first-order chi connectivity index (χ1) is 14.5. The number of pyridine rings is 1. The van der Waals surface area contributed by atoms with Crippen LogP contribution < -0.4 is 16.1 Å². The summed E-state index contributed by atoms with van der Waals surface area (Å²) in [4.78, 5) is 37.9. The molecule has 0 aliphatic rings. The summed E-state index contributed by atoms with van der Waals surface area (Å²) in [5.74, 6) is -0.976. The Balaban J connectivity index is 1.83. The lowest BCUT2D eigenvalue weighted by atomic mass is 10.1. The van der Waals surface area contributed by atoms with Gasteiger partial charge in [-0.2, -0.15) is 11.3 Å². The van der Waals surface area contributed by atoms with Gasteiger partial charge in [-0.15, -0.1) is 0 Å². The number of thiophene rings is 1. The second-order valence-electron chi connectivity index (χ2n) is 7.18. The van der Waals surface area contributed by atoms with Crippen LogP contribution in [0.5, 0.6) is 0 Å². The third kappa shape index (κ3) is 5.45. The minimum Gasteiger partial charge on any atom is -0.355 e. The zero-order valence-corrected chi connectivity index (χ0v) is 17.9. The van der Waals surface area contributed by atoms with Crippen LogP contribution in [0.25, 0.3) is 0 Å². The molecule has 7 heteroatoms. The smallest absolute Gasteiger partial charge is 0.256 e. The van der Waals surface area contributed by atoms with Crippen LogP contribution in [0.3, 0.4) is 0 Å². The van der Waals surface area contributed by atoms with Crippen molar-refractivity contribution in [3.05, 3.63) is 92.0 Å². The van der Waals surface area contributed by atoms with Gasteiger partial charge in [0.1, 0.15) is 11.1 Å². The predicted molar refractivity (Wildman–Crippen MR) is 119 cm³/mol. The summed E-state index contributed by atoms with van der Waals surface area (Å²) in [7, 11) is 1.46. The first kappa shape index (κ1) is 21.5. The Bertz CT molecular complexity index is 1060. The summed E-state index contributed by atoms with van der Waals surface area (Å²) in [6.45, 7) is 2.44. The molecule has 0 saturated heterocycles. The molecule has 0 bridgehead atoms. The maximum absolute atomic E-state index is 12.8. The second kappa shape index (κ2) is 10.0. The van der Waals surface area contributed by atoms with Gasteiger partial charge in [-0.1, -0.05) is 30.3 Å². The zero-order chi connectivity index (χ0) is 21.5. The summed E-state index contributed by atoms with van der Waals surface area (Å²) >= 11 is 1.60. The molecule has 2 heterocycles. The van der Waals surface area contributed by atoms with E-state index in [1.54, 1.807) is 15.9 Å². The largest absolute Gasteiger partial charge is 0.355 e. The van der Waals surface area contributed by atoms with Crippen molar-refractivity contribution in [3.63, 3.8) is 0 Å². The van der Waals surface area contributed by atoms with Crippen LogP contribution in [0.4, 0.5) is 0 Å². The van der Waals surface area contributed by atoms with E-state index in [1.165, 1.54) is 19.4 Å². The standard InChI is InChI=1S/C23H25N3O3S/c1-16(12-18-9-11-30-15-18)25-23(29)20-14-26(10-8-17-6-4-3-5-7-17)13-19(21(20)27)22(28)24-2/h3-7,9,11,13-16H,8,10,12H2,1-2H3,(H,24,28)(H,25,29)/t16-/m0/s1. The Morgan fingerprint density at radius 1 is 1.03 bits per heavy atom. The maximum atomic E-state index is 12.8. The number of nitrogens with one attached hydrogen (secondary N) is 2. The van der Waals surface area contributed by atoms with E-state index >= 15 is 0 Å². The van der Waals surface area contributed by atoms with Gasteiger partial charge in [0, 0.05) is 32.0 Å². The number of rotatable bonds is 8. The molecule has 156 valence electrons. The molecule has 1 atom stereocenters. The van der Waals surface area contributed by atoms with Crippen molar-refractivity contribution >= 4 is 23.2 Å². The molecule has 0 spiro atoms. The van der Waals surface area contributed by atoms with Gasteiger partial charge in [-0.3, -0.25) is 14.4 Å². The number of aromatic nitrogens is 1. The highest BCUT2D eigenvalue weighted by atomic mass is 32.1. The topological polar surface area (TPSA) is 80.2 Å². The fraction of sp³-hybridized carbons (Fsp3) is 0.261. The van der Waals surface area contributed by atoms with Crippen LogP contribution in [-0.2, 0) is 19.4 Å². The van der Waals surface area contributed by atoms with E-state index in [0.717, 1.165) is 11.1 Å². The fourth-order valence-corrected chi connectivity index (χ4v) is 3.92. The second-order valence-corrected chi connectivity index (χ2v) is 7.96. The summed E-state index contributed by atoms with van der Waals surface area (Å²) in [6, 6.07) is 11.8. The number of benzene rings is 1. The van der Waals surface area contributed by atoms with E-state index in [-0.39, 0.29) is 17.2 Å². The third-order valence-electron chi connectivity index (χ3n) is 4.80. The maximum Gasteiger partial charge on any atom is 0.256 e. The van der Waals surface area contributed by atoms with Gasteiger partial charge >= 0.3 is 0 Å². The molecular weight excluding hydrogens is 398 g/mol. The van der Waals surface area contributed by atoms with Gasteiger partial charge in [-0.05, 0) is 47.7 Å². The highest BCUT2D eigenvalue weighted by molar-refractivity contribution is 7.07. The zero-order valence-electron chi connectivity index (χ0n) is 17.1. The highest BCUT2D eigenvalue weighted by Crippen LogP contribution is 2.09. The Labute approximate surface area is 179 Å². The molecule has 3 rings (SSSR count). The van der Waals surface area contributed by atoms with E-state index in [2.05, 4.69) is 10.6 Å². The quantitative estimate of drug-likeness (QED) is 0.585. The van der Waals surface area contributed by atoms with E-state index in [4.69, 9.17) is 0 Å². The number of carbonyl (C=O) groups is 2. The van der Waals surface area contributed by atoms with Crippen LogP contribution in [0.1, 0.15) is 38.8 Å². The molecule has 2 N–H and O–H groups in total. The lowest BCUT2D eigenvalue weighted by Crippen LogP contribution is -2.39. The Kier molecular flexibility index (Phi) is 7.19. The van der Waals surface area contributed by atoms with Crippen molar-refractivity contribution in [2.45, 2.75) is 32.4 Å². The Morgan fingerprint density at radius 3 is 2.37 bits per heavy atom. The monoisotopic (exact) mass is 423 g/mol. The van der Waals surface area contributed by atoms with E-state index in [1.807, 2.05) is 54.1 Å². The number of aryl methyl sites for hydroxylation is 2. The normalized spacial score (nSPS) is 11.7. The summed E-state index contributed by atoms with van der Waals surface area (Å²) in [6.07, 6.45) is 4.43. The lowest BCUT2D eigenvalue weighted by molar-refractivity contribution is 0.0938. The SMILES string of the molecule is CNC(=O)c1cn(CCc2ccccc2)cc(C(=O)N[C@@H](C)Cc2ccsc2)c1=O. The van der Waals surface area contributed by atoms with Gasteiger partial charge in [0.2, 0.25) is 5.43 Å². The Hall–Kier alpha value is -3.19. The van der Waals surface area contributed by atoms with E-state index in [0.29, 0.717) is 19.4 Å². The summed E-state index contributed by atoms with van der Waals surface area (Å²) < 4.78 is 1.73. The van der Waals surface area contributed by atoms with Gasteiger partial charge in [0.15, 0.2) is 0 Å². The Morgan fingerprint density at radius 2 is 1.73 bits per heavy atom. The molecule has 0 fully saturated rings. The van der Waals surface area contributed by atoms with Crippen LogP contribution in [0.15, 0.2) is 64.3 Å². The predicted octanol–water partition coefficient (Wildman–Crippen LogP) is 2.87. The molecule has 0 radical (unpaired) electrons. The molecule has 6 nitrogen and oxygen atoms in total. The number of nitrogens with zero attached hydrogens (tertiary/aromatic N) is 1. The van der Waals surface area contributed by atoms with Gasteiger partial charge in [0.25, 0.3) is 11.8 Å². The highest BCUT2D eigenvalue weighted by Gasteiger charge is 2.20. The first-order valence-electron chi connectivity index (χ1n) is 9.80. The third-order valence-corrected chi connectivity index (χ3v) is 5.53. The minimum absolute atomic E-state index is 0.0265. The van der Waals surface area contributed by atoms with Crippen molar-refractivity contribution < 1.29 is 9.59 Å². The summed E-state index contributed by atoms with van der Waals surface area (Å²) in [5.41, 5.74) is 1.64. The lowest BCUT2D eigenvalue weighted by Gasteiger charge is -2.15. The molecule has 0 saturated carbocycles. The van der Waals surface area contributed by atoms with Crippen molar-refractivity contribution in [2.24, 2.45) is 0 Å². The fourth-order valence-electron chi connectivity index (χ4n) is 3.24. The molecular formula is C23H25N3O3S. The molecule has 2 amide bonds. The van der Waals surface area contributed by atoms with Crippen molar-refractivity contribution in [3.8, 4) is 0 Å². The van der Waals surface area contributed by atoms with Crippen LogP contribution in [0.2, 0.25) is 0 Å². The van der Waals surface area contributed by atoms with Crippen molar-refractivity contribution in [2.75, 3.05) is 7.05 Å². The number of hydrogen-bond acceptors (Lipinski definition) is 4. The molecule has 0 aliphatic heterocycles. The van der Waals surface area contributed by atoms with E-state index in [9.17, 15) is 14.4 Å². The van der Waals surface area contributed by atoms with E-state index < -0.39 is 17.2 Å². The van der Waals surface area contributed by atoms with Crippen molar-refractivity contribution in [1.82, 2.24) is 15.2 Å². The van der Waals surface area contributed by atoms with Crippen LogP contribution in [0, 0.1) is 0 Å². The van der Waals surface area contributed by atoms with Crippen molar-refractivity contribution in [1.29, 1.82) is 0 Å². The average molecular weight is 424 g/mol. The number of hydrogen-bond donors (Lipinski definition) is 2. The average Bonchev–Trinajstić information content (AvgIpc) is 3.25. The van der Waals surface area contributed by atoms with Gasteiger partial charge in [-0.25, -0.2) is 0 Å². The molecule has 3 aromatic rings. The molecule has 0 aliphatic carbocycles. The number of amides is 2.